The Kier molecular flexibility index (Phi) is 5.61. The van der Waals surface area contributed by atoms with Crippen molar-refractivity contribution in [3.8, 4) is 5.75 Å². The molecule has 0 aliphatic carbocycles. The molecule has 1 amide bonds. The number of methoxy groups -OCH3 is 1. The van der Waals surface area contributed by atoms with Crippen molar-refractivity contribution in [3.05, 3.63) is 29.3 Å². The highest BCUT2D eigenvalue weighted by Gasteiger charge is 2.11. The fourth-order valence-electron chi connectivity index (χ4n) is 1.59. The van der Waals surface area contributed by atoms with Gasteiger partial charge in [0, 0.05) is 0 Å². The number of carbonyl (C=O) groups excluding carboxylic acids is 1. The smallest absolute Gasteiger partial charge is 0.224 e. The first-order valence-corrected chi connectivity index (χ1v) is 5.75. The molecule has 18 heavy (non-hydrogen) atoms. The van der Waals surface area contributed by atoms with Crippen molar-refractivity contribution in [2.24, 2.45) is 0 Å². The summed E-state index contributed by atoms with van der Waals surface area (Å²) in [5.74, 6) is 0.496. The summed E-state index contributed by atoms with van der Waals surface area (Å²) < 4.78 is 5.18. The molecule has 1 aromatic carbocycles. The highest BCUT2D eigenvalue weighted by Crippen LogP contribution is 2.19. The minimum absolute atomic E-state index is 0.188. The number of carbonyl (C=O) groups is 1. The largest absolute Gasteiger partial charge is 0.496 e. The fraction of sp³-hybridized carbons (Fsp3) is 0.462. The maximum absolute atomic E-state index is 11.7. The third-order valence-electron chi connectivity index (χ3n) is 2.64. The molecule has 0 bridgehead atoms. The van der Waals surface area contributed by atoms with E-state index < -0.39 is 6.04 Å². The molecule has 1 rings (SSSR count). The van der Waals surface area contributed by atoms with Gasteiger partial charge in [0.15, 0.2) is 0 Å². The van der Waals surface area contributed by atoms with Crippen LogP contribution in [-0.4, -0.2) is 42.5 Å². The normalized spacial score (nSPS) is 10.5. The van der Waals surface area contributed by atoms with Crippen molar-refractivity contribution in [1.29, 1.82) is 0 Å². The van der Waals surface area contributed by atoms with Gasteiger partial charge in [0.1, 0.15) is 5.75 Å². The lowest BCUT2D eigenvalue weighted by Gasteiger charge is -2.13. The molecule has 0 fully saturated rings. The Labute approximate surface area is 106 Å². The van der Waals surface area contributed by atoms with E-state index in [2.05, 4.69) is 5.32 Å². The summed E-state index contributed by atoms with van der Waals surface area (Å²) in [6.45, 7) is 1.37. The summed E-state index contributed by atoms with van der Waals surface area (Å²) in [4.78, 5) is 11.7. The average molecular weight is 253 g/mol. The van der Waals surface area contributed by atoms with Gasteiger partial charge < -0.3 is 20.3 Å². The number of hydrogen-bond donors (Lipinski definition) is 3. The molecule has 0 aromatic heterocycles. The van der Waals surface area contributed by atoms with E-state index in [-0.39, 0.29) is 25.5 Å². The quantitative estimate of drug-likeness (QED) is 0.667. The molecule has 0 aliphatic heterocycles. The van der Waals surface area contributed by atoms with Gasteiger partial charge in [-0.05, 0) is 24.1 Å². The zero-order valence-electron chi connectivity index (χ0n) is 10.6. The number of rotatable bonds is 6. The Balaban J connectivity index is 2.64. The summed E-state index contributed by atoms with van der Waals surface area (Å²) in [5, 5.41) is 20.3. The van der Waals surface area contributed by atoms with Crippen molar-refractivity contribution in [2.45, 2.75) is 19.4 Å². The molecule has 0 radical (unpaired) electrons. The van der Waals surface area contributed by atoms with E-state index in [1.165, 1.54) is 0 Å². The molecular weight excluding hydrogens is 234 g/mol. The van der Waals surface area contributed by atoms with Gasteiger partial charge in [0.05, 0.1) is 32.8 Å². The van der Waals surface area contributed by atoms with E-state index in [0.717, 1.165) is 16.9 Å². The van der Waals surface area contributed by atoms with Crippen LogP contribution in [0.3, 0.4) is 0 Å². The molecule has 0 unspecified atom stereocenters. The van der Waals surface area contributed by atoms with Gasteiger partial charge in [-0.15, -0.1) is 0 Å². The Morgan fingerprint density at radius 1 is 1.39 bits per heavy atom. The third-order valence-corrected chi connectivity index (χ3v) is 2.64. The zero-order chi connectivity index (χ0) is 13.5. The van der Waals surface area contributed by atoms with Gasteiger partial charge in [0.2, 0.25) is 5.91 Å². The van der Waals surface area contributed by atoms with Crippen molar-refractivity contribution in [2.75, 3.05) is 20.3 Å². The molecule has 5 nitrogen and oxygen atoms in total. The van der Waals surface area contributed by atoms with Crippen LogP contribution >= 0.6 is 0 Å². The molecule has 0 aliphatic rings. The summed E-state index contributed by atoms with van der Waals surface area (Å²) in [7, 11) is 1.58. The number of hydrogen-bond acceptors (Lipinski definition) is 4. The second-order valence-electron chi connectivity index (χ2n) is 4.11. The molecule has 0 spiro atoms. The lowest BCUT2D eigenvalue weighted by Crippen LogP contribution is -2.40. The maximum Gasteiger partial charge on any atom is 0.224 e. The first kappa shape index (κ1) is 14.5. The molecule has 100 valence electrons. The van der Waals surface area contributed by atoms with Crippen LogP contribution in [0, 0.1) is 6.92 Å². The van der Waals surface area contributed by atoms with E-state index >= 15 is 0 Å². The van der Waals surface area contributed by atoms with Gasteiger partial charge >= 0.3 is 0 Å². The van der Waals surface area contributed by atoms with E-state index in [9.17, 15) is 4.79 Å². The summed E-state index contributed by atoms with van der Waals surface area (Å²) in [6, 6.07) is 4.94. The molecule has 3 N–H and O–H groups in total. The van der Waals surface area contributed by atoms with Crippen LogP contribution in [-0.2, 0) is 11.2 Å². The summed E-state index contributed by atoms with van der Waals surface area (Å²) in [5.41, 5.74) is 1.83. The molecule has 0 saturated heterocycles. The second-order valence-corrected chi connectivity index (χ2v) is 4.11. The van der Waals surface area contributed by atoms with Crippen LogP contribution in [0.15, 0.2) is 18.2 Å². The minimum Gasteiger partial charge on any atom is -0.496 e. The van der Waals surface area contributed by atoms with Crippen LogP contribution < -0.4 is 10.1 Å². The number of aliphatic hydroxyl groups is 2. The van der Waals surface area contributed by atoms with Gasteiger partial charge in [-0.3, -0.25) is 4.79 Å². The van der Waals surface area contributed by atoms with Crippen LogP contribution in [0.5, 0.6) is 5.75 Å². The Hall–Kier alpha value is -1.59. The first-order valence-electron chi connectivity index (χ1n) is 5.75. The molecule has 0 heterocycles. The van der Waals surface area contributed by atoms with Crippen LogP contribution in [0.25, 0.3) is 0 Å². The predicted octanol–water partition coefficient (Wildman–Crippen LogP) is 0.0155. The van der Waals surface area contributed by atoms with Crippen molar-refractivity contribution >= 4 is 5.91 Å². The SMILES string of the molecule is COc1cc(CC(=O)NC(CO)CO)ccc1C. The van der Waals surface area contributed by atoms with E-state index in [0.29, 0.717) is 0 Å². The summed E-state index contributed by atoms with van der Waals surface area (Å²) in [6.07, 6.45) is 0.188. The van der Waals surface area contributed by atoms with Crippen LogP contribution in [0.2, 0.25) is 0 Å². The third kappa shape index (κ3) is 4.01. The van der Waals surface area contributed by atoms with Crippen LogP contribution in [0.4, 0.5) is 0 Å². The lowest BCUT2D eigenvalue weighted by atomic mass is 10.1. The Morgan fingerprint density at radius 2 is 2.06 bits per heavy atom. The minimum atomic E-state index is -0.607. The number of nitrogens with one attached hydrogen (secondary N) is 1. The van der Waals surface area contributed by atoms with Gasteiger partial charge in [-0.1, -0.05) is 12.1 Å². The second kappa shape index (κ2) is 6.98. The molecular formula is C13H19NO4. The summed E-state index contributed by atoms with van der Waals surface area (Å²) >= 11 is 0. The molecule has 0 atom stereocenters. The van der Waals surface area contributed by atoms with E-state index in [1.54, 1.807) is 7.11 Å². The Morgan fingerprint density at radius 3 is 2.61 bits per heavy atom. The highest BCUT2D eigenvalue weighted by molar-refractivity contribution is 5.79. The number of benzene rings is 1. The van der Waals surface area contributed by atoms with Crippen molar-refractivity contribution in [3.63, 3.8) is 0 Å². The number of amides is 1. The van der Waals surface area contributed by atoms with E-state index in [4.69, 9.17) is 14.9 Å². The van der Waals surface area contributed by atoms with E-state index in [1.807, 2.05) is 25.1 Å². The number of ether oxygens (including phenoxy) is 1. The van der Waals surface area contributed by atoms with Crippen LogP contribution in [0.1, 0.15) is 11.1 Å². The van der Waals surface area contributed by atoms with Gasteiger partial charge in [-0.25, -0.2) is 0 Å². The Bertz CT molecular complexity index is 402. The number of aliphatic hydroxyl groups excluding tert-OH is 2. The lowest BCUT2D eigenvalue weighted by molar-refractivity contribution is -0.121. The average Bonchev–Trinajstić information content (AvgIpc) is 2.38. The monoisotopic (exact) mass is 253 g/mol. The molecule has 0 saturated carbocycles. The predicted molar refractivity (Wildman–Crippen MR) is 67.5 cm³/mol. The molecule has 5 heteroatoms. The molecule has 1 aromatic rings. The maximum atomic E-state index is 11.7. The fourth-order valence-corrected chi connectivity index (χ4v) is 1.59. The van der Waals surface area contributed by atoms with Crippen molar-refractivity contribution < 1.29 is 19.7 Å². The highest BCUT2D eigenvalue weighted by atomic mass is 16.5. The van der Waals surface area contributed by atoms with Crippen molar-refractivity contribution in [1.82, 2.24) is 5.32 Å². The topological polar surface area (TPSA) is 78.8 Å². The standard InChI is InChI=1S/C13H19NO4/c1-9-3-4-10(5-12(9)18-2)6-13(17)14-11(7-15)8-16/h3-5,11,15-16H,6-8H2,1-2H3,(H,14,17). The first-order chi connectivity index (χ1) is 8.60. The zero-order valence-corrected chi connectivity index (χ0v) is 10.6. The number of aryl methyl sites for hydroxylation is 1. The van der Waals surface area contributed by atoms with Gasteiger partial charge in [0.25, 0.3) is 0 Å². The van der Waals surface area contributed by atoms with Gasteiger partial charge in [-0.2, -0.15) is 0 Å².